The van der Waals surface area contributed by atoms with E-state index in [2.05, 4.69) is 12.8 Å². The van der Waals surface area contributed by atoms with Gasteiger partial charge >= 0.3 is 5.97 Å². The van der Waals surface area contributed by atoms with Crippen molar-refractivity contribution < 1.29 is 9.53 Å². The Morgan fingerprint density at radius 3 is 2.36 bits per heavy atom. The van der Waals surface area contributed by atoms with Crippen LogP contribution < -0.4 is 0 Å². The first kappa shape index (κ1) is 12.2. The Labute approximate surface area is 84.9 Å². The number of ether oxygens (including phenoxy) is 1. The third kappa shape index (κ3) is 5.00. The number of rotatable bonds is 3. The monoisotopic (exact) mass is 190 g/mol. The summed E-state index contributed by atoms with van der Waals surface area (Å²) in [4.78, 5) is 10.8. The fraction of sp³-hybridized carbons (Fsp3) is 0.250. The second-order valence-electron chi connectivity index (χ2n) is 2.50. The minimum atomic E-state index is -0.154. The summed E-state index contributed by atoms with van der Waals surface area (Å²) < 4.78 is 4.94. The molecule has 0 aliphatic rings. The summed E-state index contributed by atoms with van der Waals surface area (Å²) in [5, 5.41) is 0. The first-order valence-corrected chi connectivity index (χ1v) is 4.36. The summed E-state index contributed by atoms with van der Waals surface area (Å²) in [6.07, 6.45) is 8.44. The molecule has 1 aromatic carbocycles. The van der Waals surface area contributed by atoms with Gasteiger partial charge in [0.05, 0.1) is 0 Å². The third-order valence-electron chi connectivity index (χ3n) is 1.53. The van der Waals surface area contributed by atoms with Gasteiger partial charge < -0.3 is 4.74 Å². The van der Waals surface area contributed by atoms with Crippen molar-refractivity contribution in [3.63, 3.8) is 0 Å². The van der Waals surface area contributed by atoms with E-state index in [0.717, 1.165) is 5.56 Å². The van der Waals surface area contributed by atoms with Crippen molar-refractivity contribution in [1.82, 2.24) is 0 Å². The van der Waals surface area contributed by atoms with Crippen LogP contribution in [-0.2, 0) is 16.1 Å². The molecular formula is C12H14O2. The highest BCUT2D eigenvalue weighted by Gasteiger charge is 1.97. The second kappa shape index (κ2) is 7.88. The predicted octanol–water partition coefficient (Wildman–Crippen LogP) is 2.39. The van der Waals surface area contributed by atoms with Crippen molar-refractivity contribution in [2.75, 3.05) is 0 Å². The predicted molar refractivity (Wildman–Crippen MR) is 56.4 cm³/mol. The fourth-order valence-corrected chi connectivity index (χ4v) is 0.840. The second-order valence-corrected chi connectivity index (χ2v) is 2.50. The van der Waals surface area contributed by atoms with Crippen molar-refractivity contribution in [3.05, 3.63) is 35.9 Å². The van der Waals surface area contributed by atoms with Crippen LogP contribution in [0.4, 0.5) is 0 Å². The van der Waals surface area contributed by atoms with Crippen LogP contribution in [0.15, 0.2) is 30.3 Å². The first-order valence-electron chi connectivity index (χ1n) is 4.36. The number of esters is 1. The average molecular weight is 190 g/mol. The van der Waals surface area contributed by atoms with Gasteiger partial charge in [0.25, 0.3) is 0 Å². The van der Waals surface area contributed by atoms with Crippen LogP contribution in [0.5, 0.6) is 0 Å². The van der Waals surface area contributed by atoms with E-state index in [1.54, 1.807) is 6.92 Å². The zero-order valence-corrected chi connectivity index (χ0v) is 8.27. The molecule has 0 saturated carbocycles. The number of hydrogen-bond acceptors (Lipinski definition) is 2. The summed E-state index contributed by atoms with van der Waals surface area (Å²) in [5.41, 5.74) is 1.03. The fourth-order valence-electron chi connectivity index (χ4n) is 0.840. The number of benzene rings is 1. The largest absolute Gasteiger partial charge is 0.461 e. The normalized spacial score (nSPS) is 8.21. The van der Waals surface area contributed by atoms with E-state index >= 15 is 0 Å². The van der Waals surface area contributed by atoms with Crippen molar-refractivity contribution >= 4 is 5.97 Å². The minimum Gasteiger partial charge on any atom is -0.461 e. The lowest BCUT2D eigenvalue weighted by atomic mass is 10.2. The Balaban J connectivity index is 0.000000791. The molecule has 0 amide bonds. The van der Waals surface area contributed by atoms with E-state index in [9.17, 15) is 4.79 Å². The standard InChI is InChI=1S/C10H12O2.C2H2/c1-2-10(11)12-8-9-6-4-3-5-7-9;1-2/h3-7H,2,8H2,1H3;1-2H. The first-order chi connectivity index (χ1) is 6.83. The SMILES string of the molecule is C#C.CCC(=O)OCc1ccccc1. The molecule has 0 fully saturated rings. The Hall–Kier alpha value is -1.75. The highest BCUT2D eigenvalue weighted by Crippen LogP contribution is 2.00. The van der Waals surface area contributed by atoms with Crippen molar-refractivity contribution in [2.24, 2.45) is 0 Å². The van der Waals surface area contributed by atoms with Crippen LogP contribution in [0.3, 0.4) is 0 Å². The van der Waals surface area contributed by atoms with Gasteiger partial charge in [0, 0.05) is 6.42 Å². The van der Waals surface area contributed by atoms with Crippen LogP contribution in [-0.4, -0.2) is 5.97 Å². The van der Waals surface area contributed by atoms with Gasteiger partial charge in [-0.1, -0.05) is 37.3 Å². The lowest BCUT2D eigenvalue weighted by molar-refractivity contribution is -0.144. The molecule has 2 nitrogen and oxygen atoms in total. The van der Waals surface area contributed by atoms with E-state index in [-0.39, 0.29) is 5.97 Å². The van der Waals surface area contributed by atoms with Crippen LogP contribution in [0.25, 0.3) is 0 Å². The molecule has 74 valence electrons. The quantitative estimate of drug-likeness (QED) is 0.540. The van der Waals surface area contributed by atoms with Crippen LogP contribution in [0, 0.1) is 12.8 Å². The van der Waals surface area contributed by atoms with E-state index in [0.29, 0.717) is 13.0 Å². The van der Waals surface area contributed by atoms with E-state index < -0.39 is 0 Å². The van der Waals surface area contributed by atoms with Gasteiger partial charge in [-0.3, -0.25) is 4.79 Å². The van der Waals surface area contributed by atoms with Crippen LogP contribution >= 0.6 is 0 Å². The molecular weight excluding hydrogens is 176 g/mol. The van der Waals surface area contributed by atoms with Crippen molar-refractivity contribution in [1.29, 1.82) is 0 Å². The zero-order valence-electron chi connectivity index (χ0n) is 8.27. The van der Waals surface area contributed by atoms with Gasteiger partial charge in [-0.05, 0) is 5.56 Å². The van der Waals surface area contributed by atoms with Crippen LogP contribution in [0.2, 0.25) is 0 Å². The van der Waals surface area contributed by atoms with E-state index in [4.69, 9.17) is 4.74 Å². The number of terminal acetylenes is 1. The molecule has 0 atom stereocenters. The van der Waals surface area contributed by atoms with E-state index in [1.807, 2.05) is 30.3 Å². The Kier molecular flexibility index (Phi) is 6.89. The molecule has 0 aliphatic carbocycles. The maximum Gasteiger partial charge on any atom is 0.305 e. The molecule has 0 bridgehead atoms. The van der Waals surface area contributed by atoms with Gasteiger partial charge in [-0.25, -0.2) is 0 Å². The molecule has 0 saturated heterocycles. The van der Waals surface area contributed by atoms with Crippen LogP contribution in [0.1, 0.15) is 18.9 Å². The molecule has 0 spiro atoms. The lowest BCUT2D eigenvalue weighted by Gasteiger charge is -2.01. The minimum absolute atomic E-state index is 0.154. The maximum atomic E-state index is 10.8. The highest BCUT2D eigenvalue weighted by molar-refractivity contribution is 5.68. The Morgan fingerprint density at radius 1 is 1.29 bits per heavy atom. The Morgan fingerprint density at radius 2 is 1.86 bits per heavy atom. The molecule has 2 heteroatoms. The Bertz CT molecular complexity index is 275. The number of carbonyl (C=O) groups excluding carboxylic acids is 1. The van der Waals surface area contributed by atoms with E-state index in [1.165, 1.54) is 0 Å². The average Bonchev–Trinajstić information content (AvgIpc) is 2.30. The number of hydrogen-bond donors (Lipinski definition) is 0. The highest BCUT2D eigenvalue weighted by atomic mass is 16.5. The summed E-state index contributed by atoms with van der Waals surface area (Å²) >= 11 is 0. The topological polar surface area (TPSA) is 26.3 Å². The van der Waals surface area contributed by atoms with Gasteiger partial charge in [0.2, 0.25) is 0 Å². The molecule has 0 N–H and O–H groups in total. The summed E-state index contributed by atoms with van der Waals surface area (Å²) in [6.45, 7) is 2.17. The zero-order chi connectivity index (χ0) is 10.8. The molecule has 0 aliphatic heterocycles. The smallest absolute Gasteiger partial charge is 0.305 e. The summed E-state index contributed by atoms with van der Waals surface area (Å²) in [7, 11) is 0. The molecule has 0 radical (unpaired) electrons. The third-order valence-corrected chi connectivity index (χ3v) is 1.53. The van der Waals surface area contributed by atoms with Gasteiger partial charge in [0.1, 0.15) is 6.61 Å². The van der Waals surface area contributed by atoms with Crippen molar-refractivity contribution in [2.45, 2.75) is 20.0 Å². The van der Waals surface area contributed by atoms with Gasteiger partial charge in [-0.15, -0.1) is 12.8 Å². The molecule has 1 rings (SSSR count). The summed E-state index contributed by atoms with van der Waals surface area (Å²) in [5.74, 6) is -0.154. The number of carbonyl (C=O) groups is 1. The lowest BCUT2D eigenvalue weighted by Crippen LogP contribution is -2.01. The molecule has 14 heavy (non-hydrogen) atoms. The van der Waals surface area contributed by atoms with Crippen molar-refractivity contribution in [3.8, 4) is 12.8 Å². The molecule has 1 aromatic rings. The molecule has 0 heterocycles. The van der Waals surface area contributed by atoms with Gasteiger partial charge in [-0.2, -0.15) is 0 Å². The molecule has 0 unspecified atom stereocenters. The summed E-state index contributed by atoms with van der Waals surface area (Å²) in [6, 6.07) is 9.65. The maximum absolute atomic E-state index is 10.8. The molecule has 0 aromatic heterocycles. The van der Waals surface area contributed by atoms with Gasteiger partial charge in [0.15, 0.2) is 0 Å².